The highest BCUT2D eigenvalue weighted by atomic mass is 16.5. The Morgan fingerprint density at radius 1 is 0.444 bits per heavy atom. The van der Waals surface area contributed by atoms with Crippen molar-refractivity contribution in [1.29, 1.82) is 0 Å². The molecule has 0 aromatic heterocycles. The zero-order valence-electron chi connectivity index (χ0n) is 30.1. The maximum atomic E-state index is 5.43. The summed E-state index contributed by atoms with van der Waals surface area (Å²) in [5.41, 5.74) is 4.18. The molecule has 250 valence electrons. The molecule has 0 aliphatic carbocycles. The Kier molecular flexibility index (Phi) is 17.8. The number of ether oxygens (including phenoxy) is 3. The zero-order chi connectivity index (χ0) is 33.0. The minimum atomic E-state index is -0.744. The van der Waals surface area contributed by atoms with Gasteiger partial charge >= 0.3 is 0 Å². The molecule has 0 unspecified atom stereocenters. The molecular weight excluding hydrogens is 553 g/mol. The Bertz CT molecular complexity index is 1020. The lowest BCUT2D eigenvalue weighted by Crippen LogP contribution is -2.47. The minimum absolute atomic E-state index is 0.744. The summed E-state index contributed by atoms with van der Waals surface area (Å²) in [5.74, 6) is 2.74. The Morgan fingerprint density at radius 2 is 0.756 bits per heavy atom. The second-order valence-corrected chi connectivity index (χ2v) is 13.1. The van der Waals surface area contributed by atoms with Crippen LogP contribution in [0.25, 0.3) is 0 Å². The van der Waals surface area contributed by atoms with E-state index in [1.165, 1.54) is 92.2 Å². The minimum Gasteiger partial charge on any atom is -0.497 e. The number of nitrogens with zero attached hydrogens (tertiary/aromatic N) is 1. The summed E-state index contributed by atoms with van der Waals surface area (Å²) in [7, 11) is 5.19. The number of benzene rings is 3. The van der Waals surface area contributed by atoms with E-state index in [4.69, 9.17) is 14.2 Å². The van der Waals surface area contributed by atoms with Crippen LogP contribution in [-0.2, 0) is 19.0 Å². The van der Waals surface area contributed by atoms with Gasteiger partial charge in [0.15, 0.2) is 0 Å². The van der Waals surface area contributed by atoms with Crippen LogP contribution < -0.4 is 14.2 Å². The Balaban J connectivity index is 0.000000681. The van der Waals surface area contributed by atoms with Crippen molar-refractivity contribution in [2.75, 3.05) is 47.5 Å². The number of methoxy groups -OCH3 is 3. The van der Waals surface area contributed by atoms with Crippen molar-refractivity contribution < 1.29 is 18.7 Å². The van der Waals surface area contributed by atoms with E-state index in [0.717, 1.165) is 36.2 Å². The average molecular weight is 618 g/mol. The lowest BCUT2D eigenvalue weighted by molar-refractivity contribution is -0.921. The Labute approximate surface area is 277 Å². The fourth-order valence-corrected chi connectivity index (χ4v) is 7.01. The molecule has 0 spiro atoms. The fourth-order valence-electron chi connectivity index (χ4n) is 7.01. The quantitative estimate of drug-likeness (QED) is 0.0718. The maximum Gasteiger partial charge on any atom is 0.118 e. The molecule has 3 aromatic rings. The molecule has 5 heteroatoms. The molecule has 3 rings (SSSR count). The van der Waals surface area contributed by atoms with Crippen LogP contribution in [0.1, 0.15) is 89.8 Å². The van der Waals surface area contributed by atoms with Crippen LogP contribution in [0.5, 0.6) is 17.2 Å². The van der Waals surface area contributed by atoms with E-state index in [1.807, 2.05) is 0 Å². The summed E-state index contributed by atoms with van der Waals surface area (Å²) in [6.45, 7) is 16.5. The standard InChI is InChI=1S/C32H44BO3.C8H20N/c1-5-6-7-8-9-10-23-33(24-27-11-17-30(34-2)18-12-27,25-28-13-19-31(35-3)20-14-28)26-29-15-21-32(36-4)22-16-29;1-5-9(6-2,7-3)8-4/h11-22H,5-10,23-26H2,1-4H3;5-8H2,1-4H3/q-1;+1. The summed E-state index contributed by atoms with van der Waals surface area (Å²) < 4.78 is 17.6. The summed E-state index contributed by atoms with van der Waals surface area (Å²) in [5, 5.41) is 0. The van der Waals surface area contributed by atoms with Crippen molar-refractivity contribution in [2.45, 2.75) is 98.4 Å². The van der Waals surface area contributed by atoms with E-state index < -0.39 is 6.15 Å². The third-order valence-electron chi connectivity index (χ3n) is 10.3. The first-order chi connectivity index (χ1) is 21.8. The van der Waals surface area contributed by atoms with Crippen molar-refractivity contribution in [2.24, 2.45) is 0 Å². The molecule has 45 heavy (non-hydrogen) atoms. The topological polar surface area (TPSA) is 27.7 Å². The molecule has 0 radical (unpaired) electrons. The lowest BCUT2D eigenvalue weighted by Gasteiger charge is -2.41. The second-order valence-electron chi connectivity index (χ2n) is 13.1. The van der Waals surface area contributed by atoms with Crippen molar-refractivity contribution >= 4 is 6.15 Å². The highest BCUT2D eigenvalue weighted by Crippen LogP contribution is 2.30. The monoisotopic (exact) mass is 617 g/mol. The number of unbranched alkanes of at least 4 members (excludes halogenated alkanes) is 5. The van der Waals surface area contributed by atoms with E-state index in [1.54, 1.807) is 21.3 Å². The molecule has 4 nitrogen and oxygen atoms in total. The molecule has 0 bridgehead atoms. The second kappa shape index (κ2) is 21.0. The van der Waals surface area contributed by atoms with Gasteiger partial charge in [0.2, 0.25) is 0 Å². The van der Waals surface area contributed by atoms with Gasteiger partial charge in [0, 0.05) is 6.15 Å². The Morgan fingerprint density at radius 3 is 1.02 bits per heavy atom. The van der Waals surface area contributed by atoms with Crippen molar-refractivity contribution in [3.8, 4) is 17.2 Å². The van der Waals surface area contributed by atoms with Gasteiger partial charge < -0.3 is 18.7 Å². The van der Waals surface area contributed by atoms with Crippen molar-refractivity contribution in [1.82, 2.24) is 0 Å². The number of hydrogen-bond donors (Lipinski definition) is 0. The van der Waals surface area contributed by atoms with Crippen LogP contribution >= 0.6 is 0 Å². The van der Waals surface area contributed by atoms with Gasteiger partial charge in [-0.05, 0) is 64.1 Å². The summed E-state index contributed by atoms with van der Waals surface area (Å²) in [4.78, 5) is 0. The summed E-state index contributed by atoms with van der Waals surface area (Å²) in [6, 6.07) is 26.1. The Hall–Kier alpha value is -2.92. The molecule has 0 heterocycles. The van der Waals surface area contributed by atoms with Gasteiger partial charge in [0.1, 0.15) is 17.2 Å². The smallest absolute Gasteiger partial charge is 0.118 e. The van der Waals surface area contributed by atoms with Crippen molar-refractivity contribution in [3.63, 3.8) is 0 Å². The molecule has 0 saturated carbocycles. The van der Waals surface area contributed by atoms with Crippen LogP contribution in [-0.4, -0.2) is 58.1 Å². The summed E-state index contributed by atoms with van der Waals surface area (Å²) >= 11 is 0. The first kappa shape index (κ1) is 38.3. The number of rotatable bonds is 20. The van der Waals surface area contributed by atoms with Gasteiger partial charge in [-0.2, -0.15) is 25.3 Å². The number of quaternary nitrogens is 1. The highest BCUT2D eigenvalue weighted by molar-refractivity contribution is 6.78. The van der Waals surface area contributed by atoms with E-state index in [2.05, 4.69) is 107 Å². The third kappa shape index (κ3) is 13.2. The van der Waals surface area contributed by atoms with E-state index in [-0.39, 0.29) is 0 Å². The fraction of sp³-hybridized carbons (Fsp3) is 0.550. The lowest BCUT2D eigenvalue weighted by atomic mass is 9.16. The predicted molar refractivity (Wildman–Crippen MR) is 196 cm³/mol. The van der Waals surface area contributed by atoms with E-state index in [9.17, 15) is 0 Å². The third-order valence-corrected chi connectivity index (χ3v) is 10.3. The average Bonchev–Trinajstić information content (AvgIpc) is 3.09. The molecule has 0 fully saturated rings. The first-order valence-corrected chi connectivity index (χ1v) is 17.8. The van der Waals surface area contributed by atoms with Crippen LogP contribution in [0.3, 0.4) is 0 Å². The molecule has 0 aliphatic rings. The largest absolute Gasteiger partial charge is 0.497 e. The van der Waals surface area contributed by atoms with Gasteiger partial charge in [-0.15, -0.1) is 0 Å². The normalized spacial score (nSPS) is 11.5. The van der Waals surface area contributed by atoms with Gasteiger partial charge in [-0.25, -0.2) is 0 Å². The van der Waals surface area contributed by atoms with Crippen LogP contribution in [0.2, 0.25) is 6.32 Å². The molecule has 3 aromatic carbocycles. The number of hydrogen-bond acceptors (Lipinski definition) is 3. The molecule has 0 aliphatic heterocycles. The molecule has 0 atom stereocenters. The summed E-state index contributed by atoms with van der Waals surface area (Å²) in [6.07, 6.45) is 11.7. The van der Waals surface area contributed by atoms with Gasteiger partial charge in [-0.1, -0.05) is 98.5 Å². The van der Waals surface area contributed by atoms with Crippen LogP contribution in [0.15, 0.2) is 72.8 Å². The SMILES string of the molecule is CCCCCCCC[B-](Cc1ccc(OC)cc1)(Cc1ccc(OC)cc1)Cc1ccc(OC)cc1.CC[N+](CC)(CC)CC. The highest BCUT2D eigenvalue weighted by Gasteiger charge is 2.26. The van der Waals surface area contributed by atoms with Crippen LogP contribution in [0, 0.1) is 0 Å². The molecule has 0 saturated heterocycles. The molecule has 0 amide bonds. The van der Waals surface area contributed by atoms with Crippen LogP contribution in [0.4, 0.5) is 0 Å². The zero-order valence-corrected chi connectivity index (χ0v) is 30.1. The van der Waals surface area contributed by atoms with Gasteiger partial charge in [0.25, 0.3) is 0 Å². The molecular formula is C40H64BNO3. The molecule has 0 N–H and O–H groups in total. The first-order valence-electron chi connectivity index (χ1n) is 17.8. The predicted octanol–water partition coefficient (Wildman–Crippen LogP) is 10.0. The van der Waals surface area contributed by atoms with E-state index >= 15 is 0 Å². The maximum absolute atomic E-state index is 5.43. The van der Waals surface area contributed by atoms with E-state index in [0.29, 0.717) is 0 Å². The van der Waals surface area contributed by atoms with Gasteiger partial charge in [0.05, 0.1) is 47.5 Å². The van der Waals surface area contributed by atoms with Gasteiger partial charge in [-0.3, -0.25) is 0 Å². The van der Waals surface area contributed by atoms with Crippen molar-refractivity contribution in [3.05, 3.63) is 89.5 Å².